The van der Waals surface area contributed by atoms with Crippen molar-refractivity contribution in [2.45, 2.75) is 64.2 Å². The Morgan fingerprint density at radius 1 is 0.857 bits per heavy atom. The molecule has 21 heavy (non-hydrogen) atoms. The third-order valence-electron chi connectivity index (χ3n) is 5.58. The van der Waals surface area contributed by atoms with E-state index in [9.17, 15) is 0 Å². The molecule has 0 aliphatic heterocycles. The Kier molecular flexibility index (Phi) is 5.22. The SMILES string of the molecule is CCOc1ccc(C2CCC(C3CC[CH]CC3)CC2)cc1. The van der Waals surface area contributed by atoms with Gasteiger partial charge in [0.15, 0.2) is 0 Å². The molecular formula is C20H29O. The maximum atomic E-state index is 5.54. The van der Waals surface area contributed by atoms with Crippen molar-refractivity contribution in [3.8, 4) is 5.75 Å². The van der Waals surface area contributed by atoms with Crippen molar-refractivity contribution in [1.29, 1.82) is 0 Å². The van der Waals surface area contributed by atoms with E-state index in [0.29, 0.717) is 0 Å². The zero-order chi connectivity index (χ0) is 14.5. The molecule has 0 atom stereocenters. The van der Waals surface area contributed by atoms with Gasteiger partial charge >= 0.3 is 0 Å². The molecule has 1 radical (unpaired) electrons. The largest absolute Gasteiger partial charge is 0.494 e. The van der Waals surface area contributed by atoms with Crippen LogP contribution in [-0.4, -0.2) is 6.61 Å². The second kappa shape index (κ2) is 7.33. The summed E-state index contributed by atoms with van der Waals surface area (Å²) >= 11 is 0. The smallest absolute Gasteiger partial charge is 0.119 e. The van der Waals surface area contributed by atoms with Gasteiger partial charge in [0.2, 0.25) is 0 Å². The van der Waals surface area contributed by atoms with E-state index in [-0.39, 0.29) is 0 Å². The van der Waals surface area contributed by atoms with E-state index in [1.165, 1.54) is 56.9 Å². The Morgan fingerprint density at radius 2 is 1.48 bits per heavy atom. The average Bonchev–Trinajstić information content (AvgIpc) is 2.57. The Hall–Kier alpha value is -0.980. The maximum absolute atomic E-state index is 5.54. The van der Waals surface area contributed by atoms with Gasteiger partial charge in [-0.2, -0.15) is 0 Å². The minimum Gasteiger partial charge on any atom is -0.494 e. The van der Waals surface area contributed by atoms with E-state index in [4.69, 9.17) is 4.74 Å². The zero-order valence-electron chi connectivity index (χ0n) is 13.4. The molecule has 2 fully saturated rings. The molecule has 0 spiro atoms. The lowest BCUT2D eigenvalue weighted by Gasteiger charge is -2.36. The Balaban J connectivity index is 1.52. The molecule has 1 aromatic rings. The van der Waals surface area contributed by atoms with E-state index < -0.39 is 0 Å². The summed E-state index contributed by atoms with van der Waals surface area (Å²) in [6.07, 6.45) is 13.8. The minimum absolute atomic E-state index is 0.753. The second-order valence-electron chi connectivity index (χ2n) is 6.82. The fourth-order valence-electron chi connectivity index (χ4n) is 4.35. The quantitative estimate of drug-likeness (QED) is 0.684. The summed E-state index contributed by atoms with van der Waals surface area (Å²) in [5.41, 5.74) is 1.52. The number of hydrogen-bond donors (Lipinski definition) is 0. The van der Waals surface area contributed by atoms with Crippen LogP contribution in [0.15, 0.2) is 24.3 Å². The zero-order valence-corrected chi connectivity index (χ0v) is 13.4. The third kappa shape index (κ3) is 3.81. The Labute approximate surface area is 130 Å². The summed E-state index contributed by atoms with van der Waals surface area (Å²) in [5.74, 6) is 3.83. The Bertz CT molecular complexity index is 408. The third-order valence-corrected chi connectivity index (χ3v) is 5.58. The molecule has 3 rings (SSSR count). The first-order chi connectivity index (χ1) is 10.4. The summed E-state index contributed by atoms with van der Waals surface area (Å²) in [6, 6.07) is 8.85. The van der Waals surface area contributed by atoms with Crippen LogP contribution in [0.1, 0.15) is 69.8 Å². The van der Waals surface area contributed by atoms with Gasteiger partial charge in [0.25, 0.3) is 0 Å². The number of ether oxygens (including phenoxy) is 1. The van der Waals surface area contributed by atoms with E-state index >= 15 is 0 Å². The fourth-order valence-corrected chi connectivity index (χ4v) is 4.35. The van der Waals surface area contributed by atoms with E-state index in [0.717, 1.165) is 30.1 Å². The molecule has 0 amide bonds. The molecule has 0 heterocycles. The molecule has 115 valence electrons. The topological polar surface area (TPSA) is 9.23 Å². The molecule has 2 aliphatic rings. The van der Waals surface area contributed by atoms with Crippen LogP contribution in [0.25, 0.3) is 0 Å². The summed E-state index contributed by atoms with van der Waals surface area (Å²) in [4.78, 5) is 0. The second-order valence-corrected chi connectivity index (χ2v) is 6.82. The number of hydrogen-bond acceptors (Lipinski definition) is 1. The highest BCUT2D eigenvalue weighted by Crippen LogP contribution is 2.42. The first kappa shape index (κ1) is 14.9. The predicted molar refractivity (Wildman–Crippen MR) is 88.6 cm³/mol. The number of benzene rings is 1. The predicted octanol–water partition coefficient (Wildman–Crippen LogP) is 5.75. The Morgan fingerprint density at radius 3 is 2.10 bits per heavy atom. The highest BCUT2D eigenvalue weighted by Gasteiger charge is 2.28. The average molecular weight is 285 g/mol. The van der Waals surface area contributed by atoms with Gasteiger partial charge in [-0.1, -0.05) is 12.1 Å². The molecule has 0 bridgehead atoms. The molecule has 0 N–H and O–H groups in total. The normalized spacial score (nSPS) is 27.5. The van der Waals surface area contributed by atoms with Gasteiger partial charge in [0.05, 0.1) is 6.61 Å². The van der Waals surface area contributed by atoms with Gasteiger partial charge in [-0.05, 0) is 100 Å². The molecule has 1 nitrogen and oxygen atoms in total. The van der Waals surface area contributed by atoms with Crippen molar-refractivity contribution in [2.75, 3.05) is 6.61 Å². The summed E-state index contributed by atoms with van der Waals surface area (Å²) in [6.45, 7) is 2.79. The summed E-state index contributed by atoms with van der Waals surface area (Å²) in [5, 5.41) is 0. The van der Waals surface area contributed by atoms with Gasteiger partial charge in [0.1, 0.15) is 5.75 Å². The highest BCUT2D eigenvalue weighted by molar-refractivity contribution is 5.29. The fraction of sp³-hybridized carbons (Fsp3) is 0.650. The van der Waals surface area contributed by atoms with Gasteiger partial charge in [-0.25, -0.2) is 0 Å². The molecule has 1 heteroatoms. The van der Waals surface area contributed by atoms with E-state index in [1.54, 1.807) is 0 Å². The van der Waals surface area contributed by atoms with Crippen molar-refractivity contribution in [3.05, 3.63) is 36.2 Å². The first-order valence-electron chi connectivity index (χ1n) is 8.91. The summed E-state index contributed by atoms with van der Waals surface area (Å²) < 4.78 is 5.54. The van der Waals surface area contributed by atoms with Gasteiger partial charge in [-0.3, -0.25) is 0 Å². The van der Waals surface area contributed by atoms with Crippen molar-refractivity contribution >= 4 is 0 Å². The van der Waals surface area contributed by atoms with Crippen LogP contribution in [0.2, 0.25) is 0 Å². The molecule has 2 saturated carbocycles. The maximum Gasteiger partial charge on any atom is 0.119 e. The lowest BCUT2D eigenvalue weighted by Crippen LogP contribution is -2.23. The summed E-state index contributed by atoms with van der Waals surface area (Å²) in [7, 11) is 0. The van der Waals surface area contributed by atoms with Crippen molar-refractivity contribution < 1.29 is 4.74 Å². The van der Waals surface area contributed by atoms with Gasteiger partial charge in [-0.15, -0.1) is 0 Å². The van der Waals surface area contributed by atoms with Crippen LogP contribution in [0.5, 0.6) is 5.75 Å². The van der Waals surface area contributed by atoms with Gasteiger partial charge in [0, 0.05) is 0 Å². The first-order valence-corrected chi connectivity index (χ1v) is 8.91. The standard InChI is InChI=1S/C20H29O/c1-2-21-20-14-12-19(13-15-20)18-10-8-17(9-11-18)16-6-4-3-5-7-16/h3,12-18H,2,4-11H2,1H3. The van der Waals surface area contributed by atoms with Crippen molar-refractivity contribution in [2.24, 2.45) is 11.8 Å². The minimum atomic E-state index is 0.753. The van der Waals surface area contributed by atoms with Crippen LogP contribution >= 0.6 is 0 Å². The van der Waals surface area contributed by atoms with E-state index in [1.807, 2.05) is 6.92 Å². The molecule has 0 saturated heterocycles. The lowest BCUT2D eigenvalue weighted by molar-refractivity contribution is 0.199. The molecule has 1 aromatic carbocycles. The van der Waals surface area contributed by atoms with Crippen LogP contribution < -0.4 is 4.74 Å². The van der Waals surface area contributed by atoms with Crippen LogP contribution in [0.3, 0.4) is 0 Å². The van der Waals surface area contributed by atoms with Crippen LogP contribution in [-0.2, 0) is 0 Å². The number of rotatable bonds is 4. The lowest BCUT2D eigenvalue weighted by atomic mass is 9.70. The monoisotopic (exact) mass is 285 g/mol. The van der Waals surface area contributed by atoms with E-state index in [2.05, 4.69) is 30.7 Å². The van der Waals surface area contributed by atoms with Crippen molar-refractivity contribution in [3.63, 3.8) is 0 Å². The van der Waals surface area contributed by atoms with Crippen LogP contribution in [0.4, 0.5) is 0 Å². The molecular weight excluding hydrogens is 256 g/mol. The molecule has 0 aromatic heterocycles. The molecule has 2 aliphatic carbocycles. The molecule has 0 unspecified atom stereocenters. The van der Waals surface area contributed by atoms with Gasteiger partial charge < -0.3 is 4.74 Å². The van der Waals surface area contributed by atoms with Crippen molar-refractivity contribution in [1.82, 2.24) is 0 Å². The van der Waals surface area contributed by atoms with Crippen LogP contribution in [0, 0.1) is 18.3 Å². The highest BCUT2D eigenvalue weighted by atomic mass is 16.5.